The molecule has 0 aliphatic heterocycles. The molecule has 0 radical (unpaired) electrons. The van der Waals surface area contributed by atoms with Crippen molar-refractivity contribution in [2.24, 2.45) is 5.73 Å². The number of hydrogen-bond acceptors (Lipinski definition) is 3. The van der Waals surface area contributed by atoms with Gasteiger partial charge in [-0.1, -0.05) is 6.92 Å². The van der Waals surface area contributed by atoms with Crippen LogP contribution in [-0.4, -0.2) is 28.6 Å². The molecule has 16 heavy (non-hydrogen) atoms. The Bertz CT molecular complexity index is 274. The van der Waals surface area contributed by atoms with Crippen molar-refractivity contribution in [2.75, 3.05) is 0 Å². The number of carbonyl (C=O) groups excluding carboxylic acids is 1. The average molecular weight is 228 g/mol. The molecule has 1 saturated carbocycles. The van der Waals surface area contributed by atoms with Crippen molar-refractivity contribution in [3.8, 4) is 0 Å². The first-order chi connectivity index (χ1) is 7.45. The van der Waals surface area contributed by atoms with E-state index in [2.05, 4.69) is 5.32 Å². The molecule has 0 aromatic heterocycles. The molecule has 1 amide bonds. The summed E-state index contributed by atoms with van der Waals surface area (Å²) in [5.74, 6) is -1.02. The Balaban J connectivity index is 2.33. The van der Waals surface area contributed by atoms with Crippen LogP contribution in [0.2, 0.25) is 0 Å². The molecule has 1 unspecified atom stereocenters. The van der Waals surface area contributed by atoms with Crippen LogP contribution in [0.1, 0.15) is 45.4 Å². The van der Waals surface area contributed by atoms with Crippen molar-refractivity contribution in [1.29, 1.82) is 0 Å². The number of carbonyl (C=O) groups is 2. The van der Waals surface area contributed by atoms with Gasteiger partial charge in [0.25, 0.3) is 0 Å². The summed E-state index contributed by atoms with van der Waals surface area (Å²) in [7, 11) is 0. The highest BCUT2D eigenvalue weighted by Crippen LogP contribution is 2.31. The molecule has 0 heterocycles. The Morgan fingerprint density at radius 2 is 2.12 bits per heavy atom. The SMILES string of the molecule is CCC(CC(=O)O)NC(=O)CC1(N)CCC1. The highest BCUT2D eigenvalue weighted by molar-refractivity contribution is 5.78. The molecule has 4 N–H and O–H groups in total. The van der Waals surface area contributed by atoms with E-state index in [1.165, 1.54) is 0 Å². The highest BCUT2D eigenvalue weighted by atomic mass is 16.4. The van der Waals surface area contributed by atoms with Crippen molar-refractivity contribution in [2.45, 2.75) is 57.0 Å². The van der Waals surface area contributed by atoms with Crippen LogP contribution in [0.25, 0.3) is 0 Å². The molecular weight excluding hydrogens is 208 g/mol. The predicted molar refractivity (Wildman–Crippen MR) is 59.9 cm³/mol. The van der Waals surface area contributed by atoms with Crippen LogP contribution in [0.3, 0.4) is 0 Å². The third kappa shape index (κ3) is 3.81. The van der Waals surface area contributed by atoms with Crippen LogP contribution in [0.5, 0.6) is 0 Å². The lowest BCUT2D eigenvalue weighted by Crippen LogP contribution is -2.51. The molecule has 5 heteroatoms. The van der Waals surface area contributed by atoms with Gasteiger partial charge in [0.15, 0.2) is 0 Å². The standard InChI is InChI=1S/C11H20N2O3/c1-2-8(6-10(15)16)13-9(14)7-11(12)4-3-5-11/h8H,2-7,12H2,1H3,(H,13,14)(H,15,16). The van der Waals surface area contributed by atoms with E-state index in [0.717, 1.165) is 19.3 Å². The van der Waals surface area contributed by atoms with E-state index in [0.29, 0.717) is 12.8 Å². The van der Waals surface area contributed by atoms with Gasteiger partial charge < -0.3 is 16.2 Å². The fourth-order valence-electron chi connectivity index (χ4n) is 1.91. The Morgan fingerprint density at radius 3 is 2.50 bits per heavy atom. The second kappa shape index (κ2) is 5.30. The van der Waals surface area contributed by atoms with Crippen LogP contribution >= 0.6 is 0 Å². The van der Waals surface area contributed by atoms with Crippen LogP contribution in [-0.2, 0) is 9.59 Å². The summed E-state index contributed by atoms with van der Waals surface area (Å²) in [5.41, 5.74) is 5.60. The van der Waals surface area contributed by atoms with Gasteiger partial charge in [0.1, 0.15) is 0 Å². The molecule has 1 atom stereocenters. The first-order valence-electron chi connectivity index (χ1n) is 5.75. The molecule has 0 aromatic carbocycles. The summed E-state index contributed by atoms with van der Waals surface area (Å²) in [6, 6.07) is -0.284. The van der Waals surface area contributed by atoms with Crippen molar-refractivity contribution < 1.29 is 14.7 Å². The number of rotatable bonds is 6. The summed E-state index contributed by atoms with van der Waals surface area (Å²) in [5, 5.41) is 11.4. The van der Waals surface area contributed by atoms with E-state index in [9.17, 15) is 9.59 Å². The molecule has 1 rings (SSSR count). The van der Waals surface area contributed by atoms with Gasteiger partial charge in [0.05, 0.1) is 6.42 Å². The Hall–Kier alpha value is -1.10. The summed E-state index contributed by atoms with van der Waals surface area (Å²) in [6.45, 7) is 1.86. The van der Waals surface area contributed by atoms with Gasteiger partial charge in [0, 0.05) is 18.0 Å². The van der Waals surface area contributed by atoms with E-state index < -0.39 is 5.97 Å². The van der Waals surface area contributed by atoms with Crippen molar-refractivity contribution in [3.63, 3.8) is 0 Å². The molecular formula is C11H20N2O3. The minimum atomic E-state index is -0.891. The minimum absolute atomic E-state index is 0.0280. The molecule has 1 fully saturated rings. The monoisotopic (exact) mass is 228 g/mol. The molecule has 92 valence electrons. The Morgan fingerprint density at radius 1 is 1.50 bits per heavy atom. The van der Waals surface area contributed by atoms with E-state index in [4.69, 9.17) is 10.8 Å². The smallest absolute Gasteiger partial charge is 0.305 e. The number of aliphatic carboxylic acids is 1. The van der Waals surface area contributed by atoms with Gasteiger partial charge in [-0.15, -0.1) is 0 Å². The molecule has 5 nitrogen and oxygen atoms in total. The van der Waals surface area contributed by atoms with Crippen LogP contribution in [0.4, 0.5) is 0 Å². The molecule has 0 aromatic rings. The zero-order valence-corrected chi connectivity index (χ0v) is 9.66. The fourth-order valence-corrected chi connectivity index (χ4v) is 1.91. The number of carboxylic acids is 1. The highest BCUT2D eigenvalue weighted by Gasteiger charge is 2.34. The lowest BCUT2D eigenvalue weighted by molar-refractivity contribution is -0.137. The van der Waals surface area contributed by atoms with E-state index in [1.807, 2.05) is 6.92 Å². The largest absolute Gasteiger partial charge is 0.481 e. The van der Waals surface area contributed by atoms with Crippen molar-refractivity contribution >= 4 is 11.9 Å². The van der Waals surface area contributed by atoms with Gasteiger partial charge in [-0.3, -0.25) is 9.59 Å². The van der Waals surface area contributed by atoms with Gasteiger partial charge in [-0.25, -0.2) is 0 Å². The van der Waals surface area contributed by atoms with Gasteiger partial charge in [-0.05, 0) is 25.7 Å². The van der Waals surface area contributed by atoms with Gasteiger partial charge in [-0.2, -0.15) is 0 Å². The Kier molecular flexibility index (Phi) is 4.29. The Labute approximate surface area is 95.4 Å². The number of amides is 1. The summed E-state index contributed by atoms with van der Waals surface area (Å²) in [6.07, 6.45) is 3.75. The van der Waals surface area contributed by atoms with Crippen LogP contribution in [0, 0.1) is 0 Å². The fraction of sp³-hybridized carbons (Fsp3) is 0.818. The van der Waals surface area contributed by atoms with Crippen molar-refractivity contribution in [3.05, 3.63) is 0 Å². The van der Waals surface area contributed by atoms with Crippen molar-refractivity contribution in [1.82, 2.24) is 5.32 Å². The predicted octanol–water partition coefficient (Wildman–Crippen LogP) is 0.627. The molecule has 0 spiro atoms. The van der Waals surface area contributed by atoms with Gasteiger partial charge in [0.2, 0.25) is 5.91 Å². The van der Waals surface area contributed by atoms with E-state index >= 15 is 0 Å². The minimum Gasteiger partial charge on any atom is -0.481 e. The van der Waals surface area contributed by atoms with E-state index in [-0.39, 0.29) is 23.9 Å². The number of nitrogens with one attached hydrogen (secondary N) is 1. The zero-order chi connectivity index (χ0) is 12.2. The van der Waals surface area contributed by atoms with Crippen LogP contribution < -0.4 is 11.1 Å². The average Bonchev–Trinajstić information content (AvgIpc) is 2.13. The zero-order valence-electron chi connectivity index (χ0n) is 9.66. The number of hydrogen-bond donors (Lipinski definition) is 3. The van der Waals surface area contributed by atoms with Gasteiger partial charge >= 0.3 is 5.97 Å². The summed E-state index contributed by atoms with van der Waals surface area (Å²) in [4.78, 5) is 22.1. The summed E-state index contributed by atoms with van der Waals surface area (Å²) >= 11 is 0. The quantitative estimate of drug-likeness (QED) is 0.621. The topological polar surface area (TPSA) is 92.4 Å². The first-order valence-corrected chi connectivity index (χ1v) is 5.75. The molecule has 1 aliphatic carbocycles. The second-order valence-corrected chi connectivity index (χ2v) is 4.66. The third-order valence-corrected chi connectivity index (χ3v) is 3.14. The molecule has 1 aliphatic rings. The first kappa shape index (κ1) is 13.0. The number of carboxylic acid groups (broad SMARTS) is 1. The molecule has 0 bridgehead atoms. The maximum Gasteiger partial charge on any atom is 0.305 e. The summed E-state index contributed by atoms with van der Waals surface area (Å²) < 4.78 is 0. The number of nitrogens with two attached hydrogens (primary N) is 1. The second-order valence-electron chi connectivity index (χ2n) is 4.66. The molecule has 0 saturated heterocycles. The third-order valence-electron chi connectivity index (χ3n) is 3.14. The maximum absolute atomic E-state index is 11.6. The van der Waals surface area contributed by atoms with Crippen LogP contribution in [0.15, 0.2) is 0 Å². The maximum atomic E-state index is 11.6. The lowest BCUT2D eigenvalue weighted by Gasteiger charge is -2.37. The normalized spacial score (nSPS) is 19.6. The van der Waals surface area contributed by atoms with E-state index in [1.54, 1.807) is 0 Å². The lowest BCUT2D eigenvalue weighted by atomic mass is 9.75.